The number of rotatable bonds is 6. The van der Waals surface area contributed by atoms with Gasteiger partial charge in [0.15, 0.2) is 0 Å². The minimum atomic E-state index is 0.141. The van der Waals surface area contributed by atoms with Gasteiger partial charge in [-0.05, 0) is 25.0 Å². The maximum atomic E-state index is 8.88. The predicted molar refractivity (Wildman–Crippen MR) is 72.7 cm³/mol. The van der Waals surface area contributed by atoms with E-state index in [1.165, 1.54) is 0 Å². The molecule has 0 fully saturated rings. The van der Waals surface area contributed by atoms with Crippen LogP contribution in [-0.4, -0.2) is 24.2 Å². The lowest BCUT2D eigenvalue weighted by atomic mass is 10.1. The maximum Gasteiger partial charge on any atom is 0.132 e. The van der Waals surface area contributed by atoms with Crippen LogP contribution >= 0.6 is 11.6 Å². The van der Waals surface area contributed by atoms with E-state index in [4.69, 9.17) is 21.6 Å². The van der Waals surface area contributed by atoms with Crippen molar-refractivity contribution in [2.45, 2.75) is 26.8 Å². The van der Waals surface area contributed by atoms with Gasteiger partial charge in [-0.25, -0.2) is 4.98 Å². The van der Waals surface area contributed by atoms with Crippen molar-refractivity contribution in [3.63, 3.8) is 0 Å². The normalized spacial score (nSPS) is 12.2. The summed E-state index contributed by atoms with van der Waals surface area (Å²) in [6.45, 7) is 7.45. The summed E-state index contributed by atoms with van der Waals surface area (Å²) >= 11 is 5.86. The van der Waals surface area contributed by atoms with Crippen molar-refractivity contribution in [1.82, 2.24) is 4.98 Å². The van der Waals surface area contributed by atoms with E-state index >= 15 is 0 Å². The van der Waals surface area contributed by atoms with Gasteiger partial charge in [0, 0.05) is 6.61 Å². The fourth-order valence-corrected chi connectivity index (χ4v) is 1.68. The van der Waals surface area contributed by atoms with Gasteiger partial charge >= 0.3 is 0 Å². The number of hydrogen-bond acceptors (Lipinski definition) is 4. The van der Waals surface area contributed by atoms with E-state index in [0.29, 0.717) is 35.7 Å². The average Bonchev–Trinajstić information content (AvgIpc) is 2.33. The monoisotopic (exact) mass is 267 g/mol. The summed E-state index contributed by atoms with van der Waals surface area (Å²) in [5, 5.41) is 12.5. The van der Waals surface area contributed by atoms with Crippen LogP contribution in [-0.2, 0) is 4.74 Å². The molecule has 1 aromatic rings. The molecule has 0 aromatic carbocycles. The van der Waals surface area contributed by atoms with Crippen LogP contribution in [0.1, 0.15) is 26.3 Å². The second-order valence-corrected chi connectivity index (χ2v) is 4.72. The largest absolute Gasteiger partial charge is 0.380 e. The third-order valence-corrected chi connectivity index (χ3v) is 2.76. The van der Waals surface area contributed by atoms with Crippen LogP contribution in [0, 0.1) is 17.2 Å². The van der Waals surface area contributed by atoms with Crippen LogP contribution in [0.5, 0.6) is 0 Å². The molecule has 0 amide bonds. The Morgan fingerprint density at radius 1 is 1.50 bits per heavy atom. The van der Waals surface area contributed by atoms with Gasteiger partial charge in [-0.15, -0.1) is 0 Å². The van der Waals surface area contributed by atoms with Gasteiger partial charge in [0.2, 0.25) is 0 Å². The van der Waals surface area contributed by atoms with Crippen molar-refractivity contribution in [3.05, 3.63) is 22.8 Å². The van der Waals surface area contributed by atoms with Gasteiger partial charge in [-0.1, -0.05) is 25.4 Å². The van der Waals surface area contributed by atoms with Crippen LogP contribution in [0.2, 0.25) is 5.15 Å². The van der Waals surface area contributed by atoms with E-state index in [-0.39, 0.29) is 6.04 Å². The summed E-state index contributed by atoms with van der Waals surface area (Å²) in [6, 6.07) is 5.43. The maximum absolute atomic E-state index is 8.88. The van der Waals surface area contributed by atoms with E-state index in [0.717, 1.165) is 0 Å². The van der Waals surface area contributed by atoms with Crippen LogP contribution < -0.4 is 5.32 Å². The molecular weight excluding hydrogens is 250 g/mol. The first-order valence-electron chi connectivity index (χ1n) is 5.98. The summed E-state index contributed by atoms with van der Waals surface area (Å²) in [7, 11) is 0. The first-order valence-corrected chi connectivity index (χ1v) is 6.36. The molecule has 0 saturated carbocycles. The number of nitriles is 1. The zero-order valence-electron chi connectivity index (χ0n) is 10.9. The molecule has 5 heteroatoms. The third kappa shape index (κ3) is 4.52. The Kier molecular flexibility index (Phi) is 5.90. The highest BCUT2D eigenvalue weighted by Crippen LogP contribution is 2.16. The molecule has 1 atom stereocenters. The van der Waals surface area contributed by atoms with Gasteiger partial charge in [0.1, 0.15) is 11.0 Å². The Balaban J connectivity index is 2.80. The third-order valence-electron chi connectivity index (χ3n) is 2.56. The molecular formula is C13H18ClN3O. The van der Waals surface area contributed by atoms with Gasteiger partial charge in [-0.2, -0.15) is 5.26 Å². The number of nitrogens with one attached hydrogen (secondary N) is 1. The smallest absolute Gasteiger partial charge is 0.132 e. The Hall–Kier alpha value is -1.31. The van der Waals surface area contributed by atoms with Crippen LogP contribution in [0.15, 0.2) is 12.1 Å². The lowest BCUT2D eigenvalue weighted by molar-refractivity contribution is 0.126. The van der Waals surface area contributed by atoms with E-state index in [1.807, 2.05) is 6.92 Å². The molecule has 0 saturated heterocycles. The summed E-state index contributed by atoms with van der Waals surface area (Å²) < 4.78 is 5.43. The van der Waals surface area contributed by atoms with Crippen LogP contribution in [0.4, 0.5) is 5.82 Å². The number of pyridine rings is 1. The molecule has 18 heavy (non-hydrogen) atoms. The molecule has 0 radical (unpaired) electrons. The van der Waals surface area contributed by atoms with E-state index < -0.39 is 0 Å². The summed E-state index contributed by atoms with van der Waals surface area (Å²) in [5.41, 5.74) is 0.497. The molecule has 1 N–H and O–H groups in total. The molecule has 1 heterocycles. The fraction of sp³-hybridized carbons (Fsp3) is 0.538. The van der Waals surface area contributed by atoms with Crippen molar-refractivity contribution in [3.8, 4) is 6.07 Å². The second kappa shape index (κ2) is 7.20. The van der Waals surface area contributed by atoms with Gasteiger partial charge in [0.05, 0.1) is 24.3 Å². The molecule has 98 valence electrons. The highest BCUT2D eigenvalue weighted by atomic mass is 35.5. The molecule has 1 rings (SSSR count). The molecule has 0 bridgehead atoms. The quantitative estimate of drug-likeness (QED) is 0.805. The minimum Gasteiger partial charge on any atom is -0.380 e. The molecule has 0 aliphatic heterocycles. The van der Waals surface area contributed by atoms with Gasteiger partial charge in [0.25, 0.3) is 0 Å². The predicted octanol–water partition coefficient (Wildman–Crippen LogP) is 3.08. The highest BCUT2D eigenvalue weighted by molar-refractivity contribution is 6.29. The molecule has 4 nitrogen and oxygen atoms in total. The topological polar surface area (TPSA) is 57.9 Å². The fourth-order valence-electron chi connectivity index (χ4n) is 1.47. The standard InChI is InChI=1S/C13H18ClN3O/c1-4-18-8-11(9(2)3)16-13-6-10(7-15)5-12(14)17-13/h5-6,9,11H,4,8H2,1-3H3,(H,16,17). The van der Waals surface area contributed by atoms with Crippen molar-refractivity contribution in [2.75, 3.05) is 18.5 Å². The highest BCUT2D eigenvalue weighted by Gasteiger charge is 2.14. The van der Waals surface area contributed by atoms with Gasteiger partial charge < -0.3 is 10.1 Å². The Morgan fingerprint density at radius 2 is 2.22 bits per heavy atom. The zero-order valence-corrected chi connectivity index (χ0v) is 11.7. The molecule has 0 spiro atoms. The lowest BCUT2D eigenvalue weighted by Gasteiger charge is -2.22. The molecule has 1 unspecified atom stereocenters. The van der Waals surface area contributed by atoms with Crippen LogP contribution in [0.25, 0.3) is 0 Å². The Morgan fingerprint density at radius 3 is 2.78 bits per heavy atom. The van der Waals surface area contributed by atoms with E-state index in [9.17, 15) is 0 Å². The number of nitrogens with zero attached hydrogens (tertiary/aromatic N) is 2. The van der Waals surface area contributed by atoms with Crippen molar-refractivity contribution in [1.29, 1.82) is 5.26 Å². The second-order valence-electron chi connectivity index (χ2n) is 4.33. The number of anilines is 1. The molecule has 0 aliphatic carbocycles. The lowest BCUT2D eigenvalue weighted by Crippen LogP contribution is -2.31. The molecule has 1 aromatic heterocycles. The van der Waals surface area contributed by atoms with Crippen molar-refractivity contribution in [2.24, 2.45) is 5.92 Å². The SMILES string of the molecule is CCOCC(Nc1cc(C#N)cc(Cl)n1)C(C)C. The first kappa shape index (κ1) is 14.7. The van der Waals surface area contributed by atoms with E-state index in [2.05, 4.69) is 30.2 Å². The number of ether oxygens (including phenoxy) is 1. The Bertz CT molecular complexity index is 429. The van der Waals surface area contributed by atoms with Crippen molar-refractivity contribution < 1.29 is 4.74 Å². The summed E-state index contributed by atoms with van der Waals surface area (Å²) in [4.78, 5) is 4.16. The minimum absolute atomic E-state index is 0.141. The summed E-state index contributed by atoms with van der Waals surface area (Å²) in [5.74, 6) is 1.00. The first-order chi connectivity index (χ1) is 8.56. The van der Waals surface area contributed by atoms with E-state index in [1.54, 1.807) is 12.1 Å². The van der Waals surface area contributed by atoms with Crippen LogP contribution in [0.3, 0.4) is 0 Å². The Labute approximate surface area is 113 Å². The average molecular weight is 268 g/mol. The number of aromatic nitrogens is 1. The number of halogens is 1. The number of hydrogen-bond donors (Lipinski definition) is 1. The van der Waals surface area contributed by atoms with Gasteiger partial charge in [-0.3, -0.25) is 0 Å². The molecule has 0 aliphatic rings. The van der Waals surface area contributed by atoms with Crippen molar-refractivity contribution >= 4 is 17.4 Å². The zero-order chi connectivity index (χ0) is 13.5. The summed E-state index contributed by atoms with van der Waals surface area (Å²) in [6.07, 6.45) is 0.